The van der Waals surface area contributed by atoms with Gasteiger partial charge in [-0.25, -0.2) is 4.98 Å². The van der Waals surface area contributed by atoms with Crippen LogP contribution < -0.4 is 5.32 Å². The molecule has 102 valence electrons. The number of nitro groups is 1. The lowest BCUT2D eigenvalue weighted by molar-refractivity contribution is -0.388. The van der Waals surface area contributed by atoms with Crippen LogP contribution in [0, 0.1) is 10.1 Å². The molecule has 2 aromatic rings. The summed E-state index contributed by atoms with van der Waals surface area (Å²) in [6.45, 7) is 1.57. The number of hydrogen-bond donors (Lipinski definition) is 1. The summed E-state index contributed by atoms with van der Waals surface area (Å²) < 4.78 is 3.63. The fraction of sp³-hybridized carbons (Fsp3) is 0.455. The van der Waals surface area contributed by atoms with Gasteiger partial charge in [-0.15, -0.1) is 0 Å². The monoisotopic (exact) mass is 264 g/mol. The van der Waals surface area contributed by atoms with Crippen LogP contribution >= 0.6 is 0 Å². The van der Waals surface area contributed by atoms with Gasteiger partial charge in [-0.05, 0) is 22.7 Å². The van der Waals surface area contributed by atoms with Crippen molar-refractivity contribution in [1.29, 1.82) is 0 Å². The van der Waals surface area contributed by atoms with Gasteiger partial charge < -0.3 is 20.0 Å². The van der Waals surface area contributed by atoms with Gasteiger partial charge in [-0.1, -0.05) is 0 Å². The summed E-state index contributed by atoms with van der Waals surface area (Å²) in [6.07, 6.45) is 8.78. The molecule has 0 saturated heterocycles. The van der Waals surface area contributed by atoms with Crippen molar-refractivity contribution in [2.24, 2.45) is 7.05 Å². The third-order valence-corrected chi connectivity index (χ3v) is 2.79. The van der Waals surface area contributed by atoms with Crippen LogP contribution in [0.25, 0.3) is 0 Å². The number of imidazole rings is 2. The van der Waals surface area contributed by atoms with Gasteiger partial charge >= 0.3 is 5.82 Å². The summed E-state index contributed by atoms with van der Waals surface area (Å²) in [5.74, 6) is 0.324. The van der Waals surface area contributed by atoms with Crippen molar-refractivity contribution in [1.82, 2.24) is 19.1 Å². The van der Waals surface area contributed by atoms with Crippen molar-refractivity contribution in [3.8, 4) is 0 Å². The number of nitrogens with one attached hydrogen (secondary N) is 1. The van der Waals surface area contributed by atoms with Crippen molar-refractivity contribution in [2.45, 2.75) is 19.4 Å². The Morgan fingerprint density at radius 2 is 2.26 bits per heavy atom. The minimum absolute atomic E-state index is 0.128. The van der Waals surface area contributed by atoms with Gasteiger partial charge in [0.1, 0.15) is 0 Å². The number of aryl methyl sites for hydroxylation is 2. The van der Waals surface area contributed by atoms with Gasteiger partial charge in [-0.3, -0.25) is 4.57 Å². The summed E-state index contributed by atoms with van der Waals surface area (Å²) in [5.41, 5.74) is 0. The van der Waals surface area contributed by atoms with E-state index in [4.69, 9.17) is 0 Å². The lowest BCUT2D eigenvalue weighted by atomic mass is 10.3. The standard InChI is InChI=1S/C11H16N6O2/c1-15-9-14-11(17(18)19)10(15)13-4-2-3-6-16-7-5-12-8-16/h5,7-9,13H,2-4,6H2,1H3. The zero-order valence-corrected chi connectivity index (χ0v) is 10.7. The Bertz CT molecular complexity index is 533. The molecule has 0 aliphatic rings. The van der Waals surface area contributed by atoms with Crippen LogP contribution in [0.3, 0.4) is 0 Å². The van der Waals surface area contributed by atoms with E-state index in [1.165, 1.54) is 6.33 Å². The largest absolute Gasteiger partial charge is 0.406 e. The Morgan fingerprint density at radius 3 is 2.95 bits per heavy atom. The molecule has 0 aliphatic heterocycles. The van der Waals surface area contributed by atoms with E-state index in [0.29, 0.717) is 12.4 Å². The summed E-state index contributed by atoms with van der Waals surface area (Å²) >= 11 is 0. The lowest BCUT2D eigenvalue weighted by Gasteiger charge is -2.06. The first-order valence-corrected chi connectivity index (χ1v) is 6.04. The SMILES string of the molecule is Cn1cnc([N+](=O)[O-])c1NCCCCn1ccnc1. The van der Waals surface area contributed by atoms with E-state index in [9.17, 15) is 10.1 Å². The summed E-state index contributed by atoms with van der Waals surface area (Å²) in [4.78, 5) is 18.0. The minimum Gasteiger partial charge on any atom is -0.364 e. The van der Waals surface area contributed by atoms with Crippen molar-refractivity contribution < 1.29 is 4.92 Å². The highest BCUT2D eigenvalue weighted by atomic mass is 16.6. The quantitative estimate of drug-likeness (QED) is 0.464. The minimum atomic E-state index is -0.478. The van der Waals surface area contributed by atoms with Gasteiger partial charge in [0.05, 0.1) is 6.33 Å². The van der Waals surface area contributed by atoms with E-state index in [2.05, 4.69) is 15.3 Å². The van der Waals surface area contributed by atoms with Gasteiger partial charge in [0.2, 0.25) is 12.1 Å². The number of hydrogen-bond acceptors (Lipinski definition) is 5. The highest BCUT2D eigenvalue weighted by molar-refractivity contribution is 5.51. The van der Waals surface area contributed by atoms with Crippen LogP contribution in [0.15, 0.2) is 25.0 Å². The van der Waals surface area contributed by atoms with E-state index < -0.39 is 4.92 Å². The van der Waals surface area contributed by atoms with Crippen LogP contribution in [0.4, 0.5) is 11.6 Å². The van der Waals surface area contributed by atoms with Gasteiger partial charge in [0.15, 0.2) is 0 Å². The maximum Gasteiger partial charge on any atom is 0.406 e. The molecule has 8 heteroatoms. The smallest absolute Gasteiger partial charge is 0.364 e. The molecule has 0 aromatic carbocycles. The molecule has 8 nitrogen and oxygen atoms in total. The fourth-order valence-electron chi connectivity index (χ4n) is 1.80. The molecular formula is C11H16N6O2. The number of unbranched alkanes of at least 4 members (excludes halogenated alkanes) is 1. The molecule has 0 radical (unpaired) electrons. The molecule has 0 atom stereocenters. The van der Waals surface area contributed by atoms with E-state index in [0.717, 1.165) is 19.4 Å². The van der Waals surface area contributed by atoms with Crippen molar-refractivity contribution in [3.63, 3.8) is 0 Å². The number of nitrogens with zero attached hydrogens (tertiary/aromatic N) is 5. The van der Waals surface area contributed by atoms with Crippen LogP contribution in [-0.4, -0.2) is 30.6 Å². The molecule has 0 fully saturated rings. The fourth-order valence-corrected chi connectivity index (χ4v) is 1.80. The highest BCUT2D eigenvalue weighted by Gasteiger charge is 2.18. The van der Waals surface area contributed by atoms with Gasteiger partial charge in [0.25, 0.3) is 0 Å². The Labute approximate surface area is 110 Å². The van der Waals surface area contributed by atoms with E-state index in [1.807, 2.05) is 10.8 Å². The van der Waals surface area contributed by atoms with Crippen LogP contribution in [0.2, 0.25) is 0 Å². The number of rotatable bonds is 7. The Kier molecular flexibility index (Phi) is 4.11. The first-order valence-electron chi connectivity index (χ1n) is 6.04. The molecule has 0 unspecified atom stereocenters. The third-order valence-electron chi connectivity index (χ3n) is 2.79. The molecule has 1 N–H and O–H groups in total. The number of anilines is 1. The van der Waals surface area contributed by atoms with Crippen molar-refractivity contribution in [2.75, 3.05) is 11.9 Å². The normalized spacial score (nSPS) is 10.6. The zero-order chi connectivity index (χ0) is 13.7. The van der Waals surface area contributed by atoms with E-state index >= 15 is 0 Å². The highest BCUT2D eigenvalue weighted by Crippen LogP contribution is 2.20. The molecule has 0 amide bonds. The molecule has 2 heterocycles. The second kappa shape index (κ2) is 5.98. The van der Waals surface area contributed by atoms with Crippen LogP contribution in [-0.2, 0) is 13.6 Å². The molecule has 0 aliphatic carbocycles. The van der Waals surface area contributed by atoms with E-state index in [1.54, 1.807) is 24.1 Å². The average Bonchev–Trinajstić information content (AvgIpc) is 2.99. The zero-order valence-electron chi connectivity index (χ0n) is 10.7. The average molecular weight is 264 g/mol. The molecule has 0 bridgehead atoms. The first kappa shape index (κ1) is 13.1. The van der Waals surface area contributed by atoms with Crippen molar-refractivity contribution in [3.05, 3.63) is 35.2 Å². The molecule has 2 rings (SSSR count). The lowest BCUT2D eigenvalue weighted by Crippen LogP contribution is -2.08. The summed E-state index contributed by atoms with van der Waals surface area (Å²) in [5, 5.41) is 13.8. The third kappa shape index (κ3) is 3.30. The topological polar surface area (TPSA) is 90.8 Å². The molecule has 0 spiro atoms. The maximum absolute atomic E-state index is 10.8. The first-order chi connectivity index (χ1) is 9.18. The molecular weight excluding hydrogens is 248 g/mol. The maximum atomic E-state index is 10.8. The van der Waals surface area contributed by atoms with Gasteiger partial charge in [-0.2, -0.15) is 0 Å². The summed E-state index contributed by atoms with van der Waals surface area (Å²) in [7, 11) is 1.73. The molecule has 2 aromatic heterocycles. The van der Waals surface area contributed by atoms with Crippen LogP contribution in [0.1, 0.15) is 12.8 Å². The molecule has 19 heavy (non-hydrogen) atoms. The predicted octanol–water partition coefficient (Wildman–Crippen LogP) is 1.42. The summed E-state index contributed by atoms with van der Waals surface area (Å²) in [6, 6.07) is 0. The second-order valence-electron chi connectivity index (χ2n) is 4.22. The molecule has 0 saturated carbocycles. The van der Waals surface area contributed by atoms with Crippen molar-refractivity contribution >= 4 is 11.6 Å². The second-order valence-corrected chi connectivity index (χ2v) is 4.22. The predicted molar refractivity (Wildman–Crippen MR) is 69.8 cm³/mol. The van der Waals surface area contributed by atoms with E-state index in [-0.39, 0.29) is 5.82 Å². The Morgan fingerprint density at radius 1 is 1.42 bits per heavy atom. The number of aromatic nitrogens is 4. The van der Waals surface area contributed by atoms with Gasteiger partial charge in [0, 0.05) is 32.5 Å². The Balaban J connectivity index is 1.76. The Hall–Kier alpha value is -2.38. The van der Waals surface area contributed by atoms with Crippen LogP contribution in [0.5, 0.6) is 0 Å².